The molecule has 1 unspecified atom stereocenters. The summed E-state index contributed by atoms with van der Waals surface area (Å²) in [7, 11) is 1.72. The molecule has 278 valence electrons. The molecule has 0 heterocycles. The molecule has 2 aliphatic rings. The summed E-state index contributed by atoms with van der Waals surface area (Å²) < 4.78 is 0. The van der Waals surface area contributed by atoms with Gasteiger partial charge in [-0.2, -0.15) is 11.8 Å². The van der Waals surface area contributed by atoms with Crippen molar-refractivity contribution in [3.05, 3.63) is 0 Å². The molecule has 21 heteroatoms. The van der Waals surface area contributed by atoms with Crippen LogP contribution in [0.1, 0.15) is 39.5 Å². The second-order valence-electron chi connectivity index (χ2n) is 12.9. The first-order chi connectivity index (χ1) is 22.8. The van der Waals surface area contributed by atoms with E-state index in [0.29, 0.717) is 0 Å². The standard InChI is InChI=1S/C28H51BN8O11S/c1-9(40)34-21(16(42)3-4-38)20-15(37-28(32)33)6-13(26(47)48)24(20)49-18(29)7-11-12(25(45)46)5-14(36-27(30)31)19(11)22(35-10(2)41)23(44)17(43)8-39/h11-24,38-39,42-44H,3-8,29H2,1-2H3,(H,34,40)(H,35,41)(H,45,46)(H,47,48)(H4,30,31,36)(H4,32,33,37)/t11-,12+,13+,14-,15-,16+,17+,18?,19-,20-,21-,22+,23+,24-/m1/s1. The fourth-order valence-corrected chi connectivity index (χ4v) is 9.47. The number of hydrogen-bond donors (Lipinski definition) is 15. The maximum atomic E-state index is 12.6. The van der Waals surface area contributed by atoms with Crippen molar-refractivity contribution >= 4 is 55.3 Å². The molecule has 0 spiro atoms. The van der Waals surface area contributed by atoms with Crippen LogP contribution in [-0.2, 0) is 19.2 Å². The average molecular weight is 719 g/mol. The Hall–Kier alpha value is -3.37. The van der Waals surface area contributed by atoms with Crippen LogP contribution < -0.4 is 32.7 Å². The topological polar surface area (TPSA) is 358 Å². The highest BCUT2D eigenvalue weighted by Gasteiger charge is 2.55. The number of guanidine groups is 2. The summed E-state index contributed by atoms with van der Waals surface area (Å²) in [6.45, 7) is 1.06. The SMILES string of the molecule is BC(C[C@H]1[C@@H]([C@H](NC(C)=O)[C@@H](O)[C@@H](O)CO)[C@H](NC(=N)N)C[C@@H]1C(=O)O)S[C@H]1[C@@H]([C@H](NC(C)=O)[C@@H](O)CCO)[C@H](NC(=N)N)C[C@@H]1C(=O)O. The van der Waals surface area contributed by atoms with E-state index in [-0.39, 0.29) is 25.7 Å². The molecule has 0 bridgehead atoms. The maximum Gasteiger partial charge on any atom is 0.307 e. The van der Waals surface area contributed by atoms with Gasteiger partial charge < -0.3 is 68.5 Å². The maximum absolute atomic E-state index is 12.6. The molecule has 0 aromatic rings. The number of amides is 2. The van der Waals surface area contributed by atoms with Crippen molar-refractivity contribution in [1.29, 1.82) is 10.8 Å². The van der Waals surface area contributed by atoms with Crippen molar-refractivity contribution in [2.45, 2.75) is 92.4 Å². The van der Waals surface area contributed by atoms with E-state index < -0.39 is 131 Å². The first-order valence-corrected chi connectivity index (χ1v) is 16.9. The van der Waals surface area contributed by atoms with Gasteiger partial charge in [0.1, 0.15) is 20.1 Å². The number of thioether (sulfide) groups is 1. The molecule has 0 aromatic carbocycles. The second kappa shape index (κ2) is 18.6. The minimum absolute atomic E-state index is 0.0455. The normalized spacial score (nSPS) is 30.2. The van der Waals surface area contributed by atoms with Gasteiger partial charge in [-0.05, 0) is 36.8 Å². The third-order valence-electron chi connectivity index (χ3n) is 9.40. The van der Waals surface area contributed by atoms with Crippen LogP contribution in [0.5, 0.6) is 0 Å². The third-order valence-corrected chi connectivity index (χ3v) is 11.0. The molecule has 14 atom stereocenters. The lowest BCUT2D eigenvalue weighted by Crippen LogP contribution is -2.58. The fourth-order valence-electron chi connectivity index (χ4n) is 7.64. The van der Waals surface area contributed by atoms with E-state index >= 15 is 0 Å². The molecule has 0 radical (unpaired) electrons. The number of aliphatic hydroxyl groups excluding tert-OH is 5. The number of aliphatic carboxylic acids is 2. The average Bonchev–Trinajstić information content (AvgIpc) is 3.50. The van der Waals surface area contributed by atoms with Crippen LogP contribution in [0.15, 0.2) is 0 Å². The molecule has 19 nitrogen and oxygen atoms in total. The highest BCUT2D eigenvalue weighted by atomic mass is 32.2. The zero-order chi connectivity index (χ0) is 37.3. The number of rotatable bonds is 18. The van der Waals surface area contributed by atoms with Crippen molar-refractivity contribution in [2.24, 2.45) is 41.1 Å². The molecule has 0 aromatic heterocycles. The zero-order valence-electron chi connectivity index (χ0n) is 27.7. The quantitative estimate of drug-likeness (QED) is 0.0357. The molecule has 17 N–H and O–H groups in total. The number of hydrogen-bond acceptors (Lipinski definition) is 12. The third kappa shape index (κ3) is 11.1. The van der Waals surface area contributed by atoms with Gasteiger partial charge in [0.2, 0.25) is 11.8 Å². The Labute approximate surface area is 288 Å². The summed E-state index contributed by atoms with van der Waals surface area (Å²) in [5, 5.41) is 97.0. The highest BCUT2D eigenvalue weighted by Crippen LogP contribution is 2.48. The van der Waals surface area contributed by atoms with Gasteiger partial charge in [-0.1, -0.05) is 0 Å². The summed E-state index contributed by atoms with van der Waals surface area (Å²) in [5.74, 6) is -9.41. The number of carbonyl (C=O) groups is 4. The lowest BCUT2D eigenvalue weighted by molar-refractivity contribution is -0.143. The molecule has 2 fully saturated rings. The largest absolute Gasteiger partial charge is 0.481 e. The molecule has 0 aliphatic heterocycles. The number of carboxylic acid groups (broad SMARTS) is 2. The Morgan fingerprint density at radius 3 is 1.78 bits per heavy atom. The van der Waals surface area contributed by atoms with E-state index in [2.05, 4.69) is 21.3 Å². The molecule has 2 amide bonds. The summed E-state index contributed by atoms with van der Waals surface area (Å²) in [5.41, 5.74) is 11.3. The number of nitrogens with two attached hydrogens (primary N) is 2. The van der Waals surface area contributed by atoms with E-state index in [1.807, 2.05) is 0 Å². The van der Waals surface area contributed by atoms with Crippen LogP contribution in [0.3, 0.4) is 0 Å². The molecule has 2 aliphatic carbocycles. The van der Waals surface area contributed by atoms with Crippen LogP contribution in [-0.4, -0.2) is 145 Å². The summed E-state index contributed by atoms with van der Waals surface area (Å²) in [6, 6.07) is -4.07. The lowest BCUT2D eigenvalue weighted by atomic mass is 9.75. The molecular formula is C28H51BN8O11S. The van der Waals surface area contributed by atoms with Gasteiger partial charge in [0.15, 0.2) is 11.9 Å². The van der Waals surface area contributed by atoms with Gasteiger partial charge in [-0.15, -0.1) is 0 Å². The first-order valence-electron chi connectivity index (χ1n) is 16.0. The predicted molar refractivity (Wildman–Crippen MR) is 180 cm³/mol. The predicted octanol–water partition coefficient (Wildman–Crippen LogP) is -5.33. The van der Waals surface area contributed by atoms with Crippen molar-refractivity contribution < 1.29 is 54.9 Å². The van der Waals surface area contributed by atoms with Crippen LogP contribution >= 0.6 is 11.8 Å². The Morgan fingerprint density at radius 2 is 1.33 bits per heavy atom. The van der Waals surface area contributed by atoms with Crippen molar-refractivity contribution in [2.75, 3.05) is 13.2 Å². The van der Waals surface area contributed by atoms with Crippen LogP contribution in [0.25, 0.3) is 0 Å². The summed E-state index contributed by atoms with van der Waals surface area (Å²) in [4.78, 5) is 49.8. The van der Waals surface area contributed by atoms with E-state index in [1.165, 1.54) is 6.92 Å². The van der Waals surface area contributed by atoms with Gasteiger partial charge >= 0.3 is 11.9 Å². The Balaban J connectivity index is 2.63. The molecule has 0 saturated heterocycles. The Morgan fingerprint density at radius 1 is 0.837 bits per heavy atom. The van der Waals surface area contributed by atoms with E-state index in [9.17, 15) is 54.9 Å². The lowest BCUT2D eigenvalue weighted by Gasteiger charge is -2.40. The molecule has 49 heavy (non-hydrogen) atoms. The number of carbonyl (C=O) groups excluding carboxylic acids is 2. The number of aliphatic hydroxyl groups is 5. The van der Waals surface area contributed by atoms with Crippen molar-refractivity contribution in [3.8, 4) is 0 Å². The number of carboxylic acids is 2. The molecule has 2 saturated carbocycles. The molecule has 2 rings (SSSR count). The number of nitrogens with one attached hydrogen (secondary N) is 6. The van der Waals surface area contributed by atoms with Crippen LogP contribution in [0.2, 0.25) is 0 Å². The summed E-state index contributed by atoms with van der Waals surface area (Å²) >= 11 is 1.16. The monoisotopic (exact) mass is 718 g/mol. The Bertz CT molecular complexity index is 1210. The zero-order valence-corrected chi connectivity index (χ0v) is 28.5. The van der Waals surface area contributed by atoms with Gasteiger partial charge in [0.05, 0.1) is 36.6 Å². The van der Waals surface area contributed by atoms with Gasteiger partial charge in [-0.25, -0.2) is 0 Å². The van der Waals surface area contributed by atoms with Crippen LogP contribution in [0, 0.1) is 40.4 Å². The second-order valence-corrected chi connectivity index (χ2v) is 14.5. The Kier molecular flexibility index (Phi) is 15.9. The fraction of sp³-hybridized carbons (Fsp3) is 0.786. The first kappa shape index (κ1) is 41.8. The minimum Gasteiger partial charge on any atom is -0.481 e. The van der Waals surface area contributed by atoms with E-state index in [0.717, 1.165) is 18.7 Å². The van der Waals surface area contributed by atoms with Crippen LogP contribution in [0.4, 0.5) is 0 Å². The highest BCUT2D eigenvalue weighted by molar-refractivity contribution is 8.01. The van der Waals surface area contributed by atoms with Gasteiger partial charge in [-0.3, -0.25) is 30.0 Å². The summed E-state index contributed by atoms with van der Waals surface area (Å²) in [6.07, 6.45) is -5.03. The van der Waals surface area contributed by atoms with Crippen molar-refractivity contribution in [1.82, 2.24) is 21.3 Å². The smallest absolute Gasteiger partial charge is 0.307 e. The van der Waals surface area contributed by atoms with E-state index in [1.54, 1.807) is 7.85 Å². The minimum atomic E-state index is -1.76. The van der Waals surface area contributed by atoms with E-state index in [4.69, 9.17) is 22.3 Å². The van der Waals surface area contributed by atoms with Gasteiger partial charge in [0.25, 0.3) is 0 Å². The van der Waals surface area contributed by atoms with Crippen molar-refractivity contribution in [3.63, 3.8) is 0 Å². The molecular weight excluding hydrogens is 667 g/mol. The van der Waals surface area contributed by atoms with Gasteiger partial charge in [0, 0.05) is 49.6 Å².